The maximum Gasteiger partial charge on any atom is 0.0242 e. The van der Waals surface area contributed by atoms with Gasteiger partial charge in [0.25, 0.3) is 0 Å². The van der Waals surface area contributed by atoms with E-state index >= 15 is 0 Å². The van der Waals surface area contributed by atoms with Crippen LogP contribution in [0.5, 0.6) is 0 Å². The Morgan fingerprint density at radius 3 is 2.08 bits per heavy atom. The topological polar surface area (TPSA) is 38.7 Å². The molecular formula is C45H45IrN3-2. The first kappa shape index (κ1) is 36.1. The average Bonchev–Trinajstić information content (AvgIpc) is 3.29. The largest absolute Gasteiger partial charge is 0.357 e. The van der Waals surface area contributed by atoms with E-state index in [1.807, 2.05) is 25.4 Å². The van der Waals surface area contributed by atoms with Crippen LogP contribution in [0.25, 0.3) is 44.8 Å². The van der Waals surface area contributed by atoms with Crippen molar-refractivity contribution in [1.82, 2.24) is 15.0 Å². The molecule has 0 amide bonds. The molecule has 3 nitrogen and oxygen atoms in total. The fourth-order valence-corrected chi connectivity index (χ4v) is 6.64. The Morgan fingerprint density at radius 2 is 1.39 bits per heavy atom. The fraction of sp³-hybridized carbons (Fsp3) is 0.267. The quantitative estimate of drug-likeness (QED) is 0.166. The molecule has 0 spiro atoms. The molecule has 1 aliphatic carbocycles. The molecule has 3 aromatic heterocycles. The predicted octanol–water partition coefficient (Wildman–Crippen LogP) is 11.3. The van der Waals surface area contributed by atoms with Crippen LogP contribution in [0.4, 0.5) is 0 Å². The van der Waals surface area contributed by atoms with Crippen molar-refractivity contribution in [1.29, 1.82) is 0 Å². The van der Waals surface area contributed by atoms with Gasteiger partial charge in [-0.15, -0.1) is 47.0 Å². The van der Waals surface area contributed by atoms with Gasteiger partial charge in [-0.05, 0) is 76.1 Å². The van der Waals surface area contributed by atoms with Gasteiger partial charge in [0.05, 0.1) is 0 Å². The minimum absolute atomic E-state index is 0. The van der Waals surface area contributed by atoms with Crippen LogP contribution >= 0.6 is 0 Å². The van der Waals surface area contributed by atoms with Gasteiger partial charge in [0.2, 0.25) is 0 Å². The Labute approximate surface area is 306 Å². The van der Waals surface area contributed by atoms with Crippen molar-refractivity contribution in [2.45, 2.75) is 74.1 Å². The molecule has 0 fully saturated rings. The van der Waals surface area contributed by atoms with Crippen LogP contribution in [0.15, 0.2) is 97.5 Å². The summed E-state index contributed by atoms with van der Waals surface area (Å²) in [5.74, 6) is 0. The maximum atomic E-state index is 4.67. The summed E-state index contributed by atoms with van der Waals surface area (Å²) in [5, 5.41) is 0. The minimum atomic E-state index is -0.000268. The molecule has 0 saturated carbocycles. The Balaban J connectivity index is 0.000000189. The van der Waals surface area contributed by atoms with Crippen LogP contribution in [0, 0.1) is 45.2 Å². The van der Waals surface area contributed by atoms with Gasteiger partial charge >= 0.3 is 0 Å². The Bertz CT molecular complexity index is 2100. The molecule has 0 aliphatic heterocycles. The SMILES string of the molecule is Cc1cnc(-c2[c-]cc(C)c(-c3ccc(CC(C)(C)C)cc3)c2)cc1C.Cc1ncc[c-]c1-c1cc2c(cn1)-c1ccccc1C2(C)C.[Ir]. The zero-order valence-electron chi connectivity index (χ0n) is 30.1. The molecule has 1 radical (unpaired) electrons. The maximum absolute atomic E-state index is 4.67. The molecule has 0 unspecified atom stereocenters. The van der Waals surface area contributed by atoms with Crippen LogP contribution in [0.2, 0.25) is 0 Å². The summed E-state index contributed by atoms with van der Waals surface area (Å²) in [6.45, 7) is 19.8. The number of rotatable bonds is 4. The molecule has 1 aliphatic rings. The van der Waals surface area contributed by atoms with Crippen molar-refractivity contribution in [3.8, 4) is 44.8 Å². The number of hydrogen-bond acceptors (Lipinski definition) is 3. The zero-order chi connectivity index (χ0) is 34.2. The summed E-state index contributed by atoms with van der Waals surface area (Å²) in [4.78, 5) is 13.6. The molecule has 4 heteroatoms. The van der Waals surface area contributed by atoms with Crippen molar-refractivity contribution >= 4 is 0 Å². The van der Waals surface area contributed by atoms with Crippen LogP contribution in [-0.4, -0.2) is 15.0 Å². The van der Waals surface area contributed by atoms with Gasteiger partial charge in [-0.3, -0.25) is 0 Å². The second-order valence-electron chi connectivity index (χ2n) is 14.9. The third-order valence-electron chi connectivity index (χ3n) is 9.46. The Kier molecular flexibility index (Phi) is 10.5. The van der Waals surface area contributed by atoms with Gasteiger partial charge in [0, 0.05) is 43.5 Å². The van der Waals surface area contributed by atoms with Gasteiger partial charge in [0.15, 0.2) is 0 Å². The number of pyridine rings is 3. The molecule has 3 aromatic carbocycles. The van der Waals surface area contributed by atoms with Crippen LogP contribution in [-0.2, 0) is 31.9 Å². The molecule has 6 aromatic rings. The van der Waals surface area contributed by atoms with Gasteiger partial charge in [0.1, 0.15) is 0 Å². The number of fused-ring (bicyclic) bond motifs is 3. The van der Waals surface area contributed by atoms with Crippen LogP contribution < -0.4 is 0 Å². The fourth-order valence-electron chi connectivity index (χ4n) is 6.64. The summed E-state index contributed by atoms with van der Waals surface area (Å²) >= 11 is 0. The summed E-state index contributed by atoms with van der Waals surface area (Å²) < 4.78 is 0. The molecule has 3 heterocycles. The molecule has 251 valence electrons. The van der Waals surface area contributed by atoms with Gasteiger partial charge < -0.3 is 15.0 Å². The van der Waals surface area contributed by atoms with E-state index in [1.165, 1.54) is 55.6 Å². The first-order valence-electron chi connectivity index (χ1n) is 16.8. The van der Waals surface area contributed by atoms with E-state index in [4.69, 9.17) is 0 Å². The van der Waals surface area contributed by atoms with Gasteiger partial charge in [-0.2, -0.15) is 0 Å². The van der Waals surface area contributed by atoms with Gasteiger partial charge in [-0.1, -0.05) is 126 Å². The number of aryl methyl sites for hydroxylation is 4. The Hall–Kier alpha value is -4.24. The van der Waals surface area contributed by atoms with E-state index in [-0.39, 0.29) is 25.5 Å². The number of hydrogen-bond donors (Lipinski definition) is 0. The predicted molar refractivity (Wildman–Crippen MR) is 200 cm³/mol. The summed E-state index contributed by atoms with van der Waals surface area (Å²) in [7, 11) is 0. The average molecular weight is 820 g/mol. The van der Waals surface area contributed by atoms with E-state index < -0.39 is 0 Å². The van der Waals surface area contributed by atoms with E-state index in [0.717, 1.165) is 34.6 Å². The van der Waals surface area contributed by atoms with E-state index in [0.29, 0.717) is 5.41 Å². The molecule has 0 N–H and O–H groups in total. The Morgan fingerprint density at radius 1 is 0.673 bits per heavy atom. The minimum Gasteiger partial charge on any atom is -0.357 e. The smallest absolute Gasteiger partial charge is 0.0242 e. The molecular weight excluding hydrogens is 775 g/mol. The number of nitrogens with zero attached hydrogens (tertiary/aromatic N) is 3. The van der Waals surface area contributed by atoms with E-state index in [2.05, 4.69) is 155 Å². The summed E-state index contributed by atoms with van der Waals surface area (Å²) in [5.41, 5.74) is 18.1. The molecule has 7 rings (SSSR count). The normalized spacial score (nSPS) is 12.7. The van der Waals surface area contributed by atoms with Crippen molar-refractivity contribution in [2.24, 2.45) is 5.41 Å². The van der Waals surface area contributed by atoms with Gasteiger partial charge in [-0.25, -0.2) is 0 Å². The molecule has 0 saturated heterocycles. The summed E-state index contributed by atoms with van der Waals surface area (Å²) in [6, 6.07) is 34.7. The second kappa shape index (κ2) is 14.3. The second-order valence-corrected chi connectivity index (χ2v) is 14.9. The van der Waals surface area contributed by atoms with Crippen molar-refractivity contribution < 1.29 is 20.1 Å². The van der Waals surface area contributed by atoms with Crippen molar-refractivity contribution in [2.75, 3.05) is 0 Å². The number of aromatic nitrogens is 3. The molecule has 49 heavy (non-hydrogen) atoms. The first-order valence-corrected chi connectivity index (χ1v) is 16.8. The van der Waals surface area contributed by atoms with Crippen molar-refractivity contribution in [3.63, 3.8) is 0 Å². The number of benzene rings is 3. The van der Waals surface area contributed by atoms with Crippen LogP contribution in [0.1, 0.15) is 73.7 Å². The zero-order valence-corrected chi connectivity index (χ0v) is 32.5. The summed E-state index contributed by atoms with van der Waals surface area (Å²) in [6.07, 6.45) is 6.80. The monoisotopic (exact) mass is 820 g/mol. The van der Waals surface area contributed by atoms with E-state index in [9.17, 15) is 0 Å². The van der Waals surface area contributed by atoms with Crippen molar-refractivity contribution in [3.05, 3.63) is 149 Å². The third-order valence-corrected chi connectivity index (χ3v) is 9.46. The molecule has 0 atom stereocenters. The molecule has 0 bridgehead atoms. The third kappa shape index (κ3) is 7.67. The van der Waals surface area contributed by atoms with E-state index in [1.54, 1.807) is 6.20 Å². The van der Waals surface area contributed by atoms with Crippen LogP contribution in [0.3, 0.4) is 0 Å². The standard InChI is InChI=1S/C25H28N.C20H17N2.Ir/c1-17-7-10-22(24-13-18(2)19(3)16-26-24)14-23(17)21-11-8-20(9-12-21)15-25(4,5)6;1-13-14(8-6-10-21-13)19-11-18-16(12-22-19)15-7-4-5-9-17(15)20(18,2)3;/h7-9,11-14,16H,15H2,1-6H3;4-7,9-12H,1-3H3;/q2*-1;. The first-order chi connectivity index (χ1) is 22.8.